The Morgan fingerprint density at radius 2 is 2.05 bits per heavy atom. The van der Waals surface area contributed by atoms with Gasteiger partial charge in [-0.1, -0.05) is 48.9 Å². The highest BCUT2D eigenvalue weighted by molar-refractivity contribution is 7.19. The van der Waals surface area contributed by atoms with E-state index in [9.17, 15) is 4.79 Å². The standard InChI is InChI=1S/C15H18N2OS/c1-9(2)14(18)17-15-16-8-13(19-15)12-6-5-10(3)7-11(12)4/h5-9H,1-4H3,(H,16,17,18). The fourth-order valence-corrected chi connectivity index (χ4v) is 2.71. The first-order valence-electron chi connectivity index (χ1n) is 6.31. The zero-order valence-electron chi connectivity index (χ0n) is 11.7. The zero-order chi connectivity index (χ0) is 14.0. The summed E-state index contributed by atoms with van der Waals surface area (Å²) in [6.07, 6.45) is 1.82. The van der Waals surface area contributed by atoms with Gasteiger partial charge in [-0.05, 0) is 25.0 Å². The predicted molar refractivity (Wildman–Crippen MR) is 80.5 cm³/mol. The summed E-state index contributed by atoms with van der Waals surface area (Å²) in [5.74, 6) is -0.0324. The summed E-state index contributed by atoms with van der Waals surface area (Å²) in [4.78, 5) is 17.0. The van der Waals surface area contributed by atoms with Crippen LogP contribution in [0, 0.1) is 19.8 Å². The molecule has 0 saturated heterocycles. The van der Waals surface area contributed by atoms with Crippen molar-refractivity contribution < 1.29 is 4.79 Å². The van der Waals surface area contributed by atoms with Crippen LogP contribution in [-0.2, 0) is 4.79 Å². The van der Waals surface area contributed by atoms with Crippen molar-refractivity contribution in [1.29, 1.82) is 0 Å². The first-order chi connectivity index (χ1) is 8.97. The average molecular weight is 274 g/mol. The number of hydrogen-bond acceptors (Lipinski definition) is 3. The van der Waals surface area contributed by atoms with Crippen LogP contribution in [0.1, 0.15) is 25.0 Å². The molecule has 1 heterocycles. The number of thiazole rings is 1. The molecule has 0 unspecified atom stereocenters. The summed E-state index contributed by atoms with van der Waals surface area (Å²) in [6.45, 7) is 7.91. The first-order valence-corrected chi connectivity index (χ1v) is 7.13. The largest absolute Gasteiger partial charge is 0.302 e. The second-order valence-corrected chi connectivity index (χ2v) is 6.02. The summed E-state index contributed by atoms with van der Waals surface area (Å²) in [5, 5.41) is 3.49. The number of anilines is 1. The number of benzene rings is 1. The minimum absolute atomic E-state index is 0.00141. The molecule has 0 radical (unpaired) electrons. The Labute approximate surface area is 117 Å². The molecular formula is C15H18N2OS. The molecule has 1 amide bonds. The van der Waals surface area contributed by atoms with Crippen LogP contribution >= 0.6 is 11.3 Å². The molecular weight excluding hydrogens is 256 g/mol. The molecule has 100 valence electrons. The SMILES string of the molecule is Cc1ccc(-c2cnc(NC(=O)C(C)C)s2)c(C)c1. The number of carbonyl (C=O) groups is 1. The summed E-state index contributed by atoms with van der Waals surface area (Å²) in [5.41, 5.74) is 3.65. The highest BCUT2D eigenvalue weighted by Crippen LogP contribution is 2.31. The lowest BCUT2D eigenvalue weighted by Crippen LogP contribution is -2.17. The van der Waals surface area contributed by atoms with Gasteiger partial charge in [-0.3, -0.25) is 4.79 Å². The molecule has 1 aromatic carbocycles. The maximum absolute atomic E-state index is 11.6. The second-order valence-electron chi connectivity index (χ2n) is 4.99. The number of nitrogens with zero attached hydrogens (tertiary/aromatic N) is 1. The lowest BCUT2D eigenvalue weighted by molar-refractivity contribution is -0.118. The van der Waals surface area contributed by atoms with Crippen molar-refractivity contribution in [3.8, 4) is 10.4 Å². The number of aryl methyl sites for hydroxylation is 2. The van der Waals surface area contributed by atoms with Crippen molar-refractivity contribution in [1.82, 2.24) is 4.98 Å². The van der Waals surface area contributed by atoms with Gasteiger partial charge in [-0.25, -0.2) is 4.98 Å². The van der Waals surface area contributed by atoms with Crippen molar-refractivity contribution in [2.24, 2.45) is 5.92 Å². The molecule has 0 bridgehead atoms. The number of hydrogen-bond donors (Lipinski definition) is 1. The Hall–Kier alpha value is -1.68. The smallest absolute Gasteiger partial charge is 0.228 e. The maximum atomic E-state index is 11.6. The highest BCUT2D eigenvalue weighted by Gasteiger charge is 2.11. The van der Waals surface area contributed by atoms with Crippen LogP contribution in [0.3, 0.4) is 0 Å². The van der Waals surface area contributed by atoms with Crippen LogP contribution in [-0.4, -0.2) is 10.9 Å². The number of aromatic nitrogens is 1. The maximum Gasteiger partial charge on any atom is 0.228 e. The van der Waals surface area contributed by atoms with Crippen LogP contribution in [0.15, 0.2) is 24.4 Å². The first kappa shape index (κ1) is 13.7. The van der Waals surface area contributed by atoms with E-state index in [1.807, 2.05) is 20.0 Å². The van der Waals surface area contributed by atoms with Crippen molar-refractivity contribution in [2.45, 2.75) is 27.7 Å². The number of amides is 1. The Morgan fingerprint density at radius 1 is 1.32 bits per heavy atom. The monoisotopic (exact) mass is 274 g/mol. The molecule has 0 saturated carbocycles. The van der Waals surface area contributed by atoms with Crippen molar-refractivity contribution in [3.63, 3.8) is 0 Å². The lowest BCUT2D eigenvalue weighted by Gasteiger charge is -2.04. The molecule has 19 heavy (non-hydrogen) atoms. The quantitative estimate of drug-likeness (QED) is 0.918. The summed E-state index contributed by atoms with van der Waals surface area (Å²) >= 11 is 1.51. The van der Waals surface area contributed by atoms with Crippen LogP contribution < -0.4 is 5.32 Å². The number of carbonyl (C=O) groups excluding carboxylic acids is 1. The van der Waals surface area contributed by atoms with Crippen LogP contribution in [0.2, 0.25) is 0 Å². The Balaban J connectivity index is 2.23. The molecule has 3 nitrogen and oxygen atoms in total. The summed E-state index contributed by atoms with van der Waals surface area (Å²) in [6, 6.07) is 6.35. The van der Waals surface area contributed by atoms with Crippen LogP contribution in [0.25, 0.3) is 10.4 Å². The van der Waals surface area contributed by atoms with Gasteiger partial charge in [0, 0.05) is 12.1 Å². The Morgan fingerprint density at radius 3 is 2.68 bits per heavy atom. The highest BCUT2D eigenvalue weighted by atomic mass is 32.1. The third kappa shape index (κ3) is 3.20. The van der Waals surface area contributed by atoms with E-state index in [1.54, 1.807) is 0 Å². The number of nitrogens with one attached hydrogen (secondary N) is 1. The average Bonchev–Trinajstić information content (AvgIpc) is 2.77. The Kier molecular flexibility index (Phi) is 4.00. The van der Waals surface area contributed by atoms with E-state index in [1.165, 1.54) is 28.0 Å². The normalized spacial score (nSPS) is 10.8. The van der Waals surface area contributed by atoms with Gasteiger partial charge in [-0.15, -0.1) is 0 Å². The molecule has 1 N–H and O–H groups in total. The van der Waals surface area contributed by atoms with E-state index in [2.05, 4.69) is 42.3 Å². The molecule has 4 heteroatoms. The molecule has 0 fully saturated rings. The van der Waals surface area contributed by atoms with Crippen molar-refractivity contribution >= 4 is 22.4 Å². The second kappa shape index (κ2) is 5.53. The third-order valence-corrected chi connectivity index (χ3v) is 3.85. The molecule has 2 aromatic rings. The lowest BCUT2D eigenvalue weighted by atomic mass is 10.1. The van der Waals surface area contributed by atoms with E-state index in [0.29, 0.717) is 5.13 Å². The molecule has 0 aliphatic rings. The molecule has 2 rings (SSSR count). The van der Waals surface area contributed by atoms with E-state index < -0.39 is 0 Å². The van der Waals surface area contributed by atoms with Gasteiger partial charge in [0.15, 0.2) is 5.13 Å². The Bertz CT molecular complexity index is 602. The number of rotatable bonds is 3. The summed E-state index contributed by atoms with van der Waals surface area (Å²) < 4.78 is 0. The van der Waals surface area contributed by atoms with Crippen LogP contribution in [0.5, 0.6) is 0 Å². The van der Waals surface area contributed by atoms with E-state index in [4.69, 9.17) is 0 Å². The molecule has 0 spiro atoms. The van der Waals surface area contributed by atoms with Gasteiger partial charge in [-0.2, -0.15) is 0 Å². The van der Waals surface area contributed by atoms with Gasteiger partial charge in [0.1, 0.15) is 0 Å². The zero-order valence-corrected chi connectivity index (χ0v) is 12.5. The van der Waals surface area contributed by atoms with Crippen LogP contribution in [0.4, 0.5) is 5.13 Å². The van der Waals surface area contributed by atoms with Gasteiger partial charge < -0.3 is 5.32 Å². The van der Waals surface area contributed by atoms with Crippen molar-refractivity contribution in [2.75, 3.05) is 5.32 Å². The van der Waals surface area contributed by atoms with Gasteiger partial charge >= 0.3 is 0 Å². The van der Waals surface area contributed by atoms with Gasteiger partial charge in [0.25, 0.3) is 0 Å². The van der Waals surface area contributed by atoms with Crippen molar-refractivity contribution in [3.05, 3.63) is 35.5 Å². The van der Waals surface area contributed by atoms with Gasteiger partial charge in [0.05, 0.1) is 4.88 Å². The minimum atomic E-state index is -0.0338. The molecule has 1 aromatic heterocycles. The molecule has 0 aliphatic heterocycles. The third-order valence-electron chi connectivity index (χ3n) is 2.91. The predicted octanol–water partition coefficient (Wildman–Crippen LogP) is 4.02. The van der Waals surface area contributed by atoms with E-state index in [0.717, 1.165) is 4.88 Å². The molecule has 0 atom stereocenters. The van der Waals surface area contributed by atoms with E-state index in [-0.39, 0.29) is 11.8 Å². The topological polar surface area (TPSA) is 42.0 Å². The fourth-order valence-electron chi connectivity index (χ4n) is 1.80. The summed E-state index contributed by atoms with van der Waals surface area (Å²) in [7, 11) is 0. The molecule has 0 aliphatic carbocycles. The van der Waals surface area contributed by atoms with Gasteiger partial charge in [0.2, 0.25) is 5.91 Å². The van der Waals surface area contributed by atoms with E-state index >= 15 is 0 Å². The fraction of sp³-hybridized carbons (Fsp3) is 0.333. The minimum Gasteiger partial charge on any atom is -0.302 e.